The maximum absolute atomic E-state index is 12.8. The highest BCUT2D eigenvalue weighted by molar-refractivity contribution is 7.94. The van der Waals surface area contributed by atoms with Gasteiger partial charge in [0, 0.05) is 48.1 Å². The summed E-state index contributed by atoms with van der Waals surface area (Å²) in [4.78, 5) is 33.7. The molecule has 21 nitrogen and oxygen atoms in total. The minimum Gasteiger partial charge on any atom is -0.378 e. The number of nitrogens with one attached hydrogen (secondary N) is 5. The van der Waals surface area contributed by atoms with Crippen LogP contribution in [0, 0.1) is 0 Å². The predicted molar refractivity (Wildman–Crippen MR) is 245 cm³/mol. The van der Waals surface area contributed by atoms with Gasteiger partial charge in [-0.3, -0.25) is 4.55 Å². The molecule has 5 aromatic rings. The minimum absolute atomic E-state index is 0.131. The number of nitrogens with zero attached hydrogens (tertiary/aromatic N) is 9. The Labute approximate surface area is 370 Å². The van der Waals surface area contributed by atoms with E-state index < -0.39 is 10.1 Å². The summed E-state index contributed by atoms with van der Waals surface area (Å²) >= 11 is 0.711. The molecule has 0 saturated carbocycles. The number of rotatable bonds is 23. The van der Waals surface area contributed by atoms with Crippen LogP contribution < -0.4 is 31.5 Å². The molecule has 63 heavy (non-hydrogen) atoms. The van der Waals surface area contributed by atoms with Crippen LogP contribution in [0.25, 0.3) is 12.2 Å². The number of benzene rings is 3. The van der Waals surface area contributed by atoms with E-state index in [4.69, 9.17) is 14.3 Å². The number of morpholine rings is 1. The lowest BCUT2D eigenvalue weighted by atomic mass is 10.1. The van der Waals surface area contributed by atoms with Crippen molar-refractivity contribution in [2.75, 3.05) is 112 Å². The summed E-state index contributed by atoms with van der Waals surface area (Å²) in [6, 6.07) is 19.0. The zero-order valence-corrected chi connectivity index (χ0v) is 37.0. The maximum Gasteiger partial charge on any atom is 0.295 e. The summed E-state index contributed by atoms with van der Waals surface area (Å²) in [6.07, 6.45) is 4.87. The Morgan fingerprint density at radius 3 is 1.84 bits per heavy atom. The Kier molecular flexibility index (Phi) is 17.1. The van der Waals surface area contributed by atoms with Crippen LogP contribution in [0.4, 0.5) is 52.8 Å². The molecule has 1 aliphatic rings. The van der Waals surface area contributed by atoms with Gasteiger partial charge in [-0.25, -0.2) is 5.26 Å². The highest BCUT2D eigenvalue weighted by atomic mass is 32.2. The molecule has 0 aliphatic carbocycles. The van der Waals surface area contributed by atoms with Crippen LogP contribution in [0.3, 0.4) is 0 Å². The van der Waals surface area contributed by atoms with Crippen molar-refractivity contribution in [3.63, 3.8) is 0 Å². The van der Waals surface area contributed by atoms with E-state index in [2.05, 4.69) is 71.3 Å². The van der Waals surface area contributed by atoms with Gasteiger partial charge in [0.25, 0.3) is 10.1 Å². The van der Waals surface area contributed by atoms with Crippen LogP contribution in [-0.2, 0) is 24.2 Å². The van der Waals surface area contributed by atoms with E-state index in [-0.39, 0.29) is 28.0 Å². The molecule has 0 amide bonds. The van der Waals surface area contributed by atoms with E-state index in [9.17, 15) is 13.0 Å². The average molecular weight is 905 g/mol. The van der Waals surface area contributed by atoms with Crippen LogP contribution in [-0.4, -0.2) is 139 Å². The monoisotopic (exact) mass is 904 g/mol. The summed E-state index contributed by atoms with van der Waals surface area (Å²) < 4.78 is 46.2. The first-order valence-corrected chi connectivity index (χ1v) is 22.2. The van der Waals surface area contributed by atoms with Gasteiger partial charge in [0.1, 0.15) is 4.90 Å². The second-order valence-corrected chi connectivity index (χ2v) is 16.8. The number of hydrogen-bond donors (Lipinski definition) is 7. The van der Waals surface area contributed by atoms with Gasteiger partial charge in [-0.15, -0.1) is 4.33 Å². The van der Waals surface area contributed by atoms with Crippen LogP contribution in [0.2, 0.25) is 0 Å². The van der Waals surface area contributed by atoms with Crippen molar-refractivity contribution >= 4 is 87.1 Å². The lowest BCUT2D eigenvalue weighted by Gasteiger charge is -2.27. The zero-order valence-electron chi connectivity index (χ0n) is 35.4. The number of para-hydroxylation sites is 1. The first-order valence-electron chi connectivity index (χ1n) is 20.0. The Balaban J connectivity index is 1.23. The lowest BCUT2D eigenvalue weighted by Crippen LogP contribution is -2.37. The molecule has 6 rings (SSSR count). The number of aromatic nitrogens is 6. The number of hydrogen-bond acceptors (Lipinski definition) is 21. The standard InChI is InChI=1S/C40H52N14O7S2/c1-52(2)20-8-18-41-35-46-37(43-30-10-6-5-7-11-30)49-38(47-35)45-32-17-15-29(34(27-32)63(56,57)58)13-12-28-14-16-31(26-33(28)62-61-60-55)44-39-48-36(42-19-9-21-53(3)4)50-40(51-39)54-22-24-59-25-23-54/h5-7,10-17,26-27,55H,8-9,18-25H2,1-4H3,(H,56,57,58)(H2,42,44,48,50,51)(H3,41,43,45,46,47,49). The molecule has 3 aromatic carbocycles. The third-order valence-electron chi connectivity index (χ3n) is 9.13. The van der Waals surface area contributed by atoms with Gasteiger partial charge in [0.05, 0.1) is 25.3 Å². The van der Waals surface area contributed by atoms with E-state index in [1.54, 1.807) is 30.3 Å². The van der Waals surface area contributed by atoms with Crippen molar-refractivity contribution in [1.82, 2.24) is 39.7 Å². The molecule has 0 atom stereocenters. The van der Waals surface area contributed by atoms with Crippen LogP contribution in [0.15, 0.2) is 76.5 Å². The second-order valence-electron chi connectivity index (χ2n) is 14.6. The van der Waals surface area contributed by atoms with Crippen molar-refractivity contribution in [3.8, 4) is 0 Å². The molecule has 1 aliphatic heterocycles. The SMILES string of the molecule is CN(C)CCCNc1nc(Nc2ccccc2)nc(Nc2ccc(C=Cc3ccc(Nc4nc(NCCCN(C)C)nc(N5CCOCC5)n4)cc3SOOO)c(S(=O)(=O)O)c2)n1. The summed E-state index contributed by atoms with van der Waals surface area (Å²) in [6.45, 7) is 5.39. The van der Waals surface area contributed by atoms with Gasteiger partial charge in [0.2, 0.25) is 35.7 Å². The molecular formula is C40H52N14O7S2. The summed E-state index contributed by atoms with van der Waals surface area (Å²) in [5.41, 5.74) is 2.34. The Morgan fingerprint density at radius 1 is 0.714 bits per heavy atom. The van der Waals surface area contributed by atoms with E-state index in [0.717, 1.165) is 31.6 Å². The van der Waals surface area contributed by atoms with Crippen LogP contribution >= 0.6 is 12.0 Å². The molecule has 0 spiro atoms. The zero-order chi connectivity index (χ0) is 44.6. The van der Waals surface area contributed by atoms with Crippen molar-refractivity contribution in [3.05, 3.63) is 77.9 Å². The molecule has 1 fully saturated rings. The molecule has 1 saturated heterocycles. The first kappa shape index (κ1) is 46.7. The average Bonchev–Trinajstić information content (AvgIpc) is 3.26. The summed E-state index contributed by atoms with van der Waals surface area (Å²) in [5, 5.41) is 28.9. The van der Waals surface area contributed by atoms with Gasteiger partial charge in [-0.2, -0.15) is 38.3 Å². The molecule has 0 radical (unpaired) electrons. The van der Waals surface area contributed by atoms with E-state index in [0.29, 0.717) is 91.4 Å². The number of ether oxygens (including phenoxy) is 1. The second kappa shape index (κ2) is 23.1. The predicted octanol–water partition coefficient (Wildman–Crippen LogP) is 5.70. The fourth-order valence-corrected chi connectivity index (χ4v) is 7.32. The highest BCUT2D eigenvalue weighted by Gasteiger charge is 2.19. The van der Waals surface area contributed by atoms with E-state index >= 15 is 0 Å². The van der Waals surface area contributed by atoms with Gasteiger partial charge in [-0.1, -0.05) is 47.5 Å². The normalized spacial score (nSPS) is 13.2. The fraction of sp³-hybridized carbons (Fsp3) is 0.350. The molecular weight excluding hydrogens is 853 g/mol. The minimum atomic E-state index is -4.73. The topological polar surface area (TPSA) is 249 Å². The summed E-state index contributed by atoms with van der Waals surface area (Å²) in [5.74, 6) is 1.91. The van der Waals surface area contributed by atoms with Crippen molar-refractivity contribution in [2.24, 2.45) is 0 Å². The van der Waals surface area contributed by atoms with Crippen molar-refractivity contribution in [1.29, 1.82) is 0 Å². The van der Waals surface area contributed by atoms with E-state index in [1.165, 1.54) is 18.2 Å². The van der Waals surface area contributed by atoms with Gasteiger partial charge >= 0.3 is 0 Å². The Bertz CT molecular complexity index is 2390. The van der Waals surface area contributed by atoms with Gasteiger partial charge < -0.3 is 46.0 Å². The van der Waals surface area contributed by atoms with E-state index in [1.807, 2.05) is 63.4 Å². The largest absolute Gasteiger partial charge is 0.378 e. The molecule has 23 heteroatoms. The van der Waals surface area contributed by atoms with Crippen LogP contribution in [0.1, 0.15) is 24.0 Å². The molecule has 0 unspecified atom stereocenters. The third kappa shape index (κ3) is 14.9. The first-order chi connectivity index (χ1) is 30.4. The highest BCUT2D eigenvalue weighted by Crippen LogP contribution is 2.32. The smallest absolute Gasteiger partial charge is 0.295 e. The van der Waals surface area contributed by atoms with Gasteiger partial charge in [0.15, 0.2) is 0 Å². The molecule has 336 valence electrons. The van der Waals surface area contributed by atoms with Gasteiger partial charge in [-0.05, 0) is 102 Å². The quantitative estimate of drug-likeness (QED) is 0.0104. The molecule has 7 N–H and O–H groups in total. The molecule has 0 bridgehead atoms. The third-order valence-corrected chi connectivity index (χ3v) is 10.7. The molecule has 3 heterocycles. The maximum atomic E-state index is 12.8. The Hall–Kier alpha value is -5.76. The molecule has 2 aromatic heterocycles. The van der Waals surface area contributed by atoms with Crippen molar-refractivity contribution < 1.29 is 32.3 Å². The number of anilines is 9. The Morgan fingerprint density at radius 2 is 1.24 bits per heavy atom. The van der Waals surface area contributed by atoms with Crippen LogP contribution in [0.5, 0.6) is 0 Å². The van der Waals surface area contributed by atoms with Crippen molar-refractivity contribution in [2.45, 2.75) is 22.6 Å². The summed E-state index contributed by atoms with van der Waals surface area (Å²) in [7, 11) is 3.30. The fourth-order valence-electron chi connectivity index (χ4n) is 6.10. The lowest BCUT2D eigenvalue weighted by molar-refractivity contribution is -0.432.